The van der Waals surface area contributed by atoms with Crippen molar-refractivity contribution >= 4 is 44.5 Å². The van der Waals surface area contributed by atoms with Gasteiger partial charge in [-0.25, -0.2) is 9.78 Å². The molecule has 4 rings (SSSR count). The molecule has 0 aliphatic heterocycles. The van der Waals surface area contributed by atoms with Gasteiger partial charge in [-0.05, 0) is 26.3 Å². The summed E-state index contributed by atoms with van der Waals surface area (Å²) >= 11 is 2.78. The van der Waals surface area contributed by atoms with Crippen molar-refractivity contribution < 1.29 is 14.3 Å². The molecule has 29 heavy (non-hydrogen) atoms. The van der Waals surface area contributed by atoms with E-state index in [9.17, 15) is 9.59 Å². The molecule has 0 unspecified atom stereocenters. The van der Waals surface area contributed by atoms with Crippen molar-refractivity contribution in [3.63, 3.8) is 0 Å². The molecule has 6 nitrogen and oxygen atoms in total. The van der Waals surface area contributed by atoms with Gasteiger partial charge in [0.25, 0.3) is 5.91 Å². The first kappa shape index (κ1) is 19.4. The number of benzene rings is 1. The number of anilines is 1. The van der Waals surface area contributed by atoms with Crippen molar-refractivity contribution in [2.75, 3.05) is 11.9 Å². The lowest BCUT2D eigenvalue weighted by Crippen LogP contribution is -2.15. The van der Waals surface area contributed by atoms with Crippen LogP contribution >= 0.6 is 22.7 Å². The van der Waals surface area contributed by atoms with Crippen LogP contribution < -0.4 is 5.32 Å². The first-order chi connectivity index (χ1) is 14.0. The van der Waals surface area contributed by atoms with Gasteiger partial charge in [0.05, 0.1) is 6.61 Å². The van der Waals surface area contributed by atoms with Gasteiger partial charge in [-0.15, -0.1) is 22.7 Å². The fourth-order valence-electron chi connectivity index (χ4n) is 2.97. The van der Waals surface area contributed by atoms with Gasteiger partial charge < -0.3 is 10.1 Å². The molecular formula is C21H19N3O3S2. The maximum atomic E-state index is 12.8. The van der Waals surface area contributed by atoms with Gasteiger partial charge in [0.15, 0.2) is 4.96 Å². The van der Waals surface area contributed by atoms with Crippen LogP contribution in [-0.4, -0.2) is 27.9 Å². The topological polar surface area (TPSA) is 72.7 Å². The second kappa shape index (κ2) is 7.81. The van der Waals surface area contributed by atoms with Gasteiger partial charge >= 0.3 is 5.97 Å². The average molecular weight is 426 g/mol. The van der Waals surface area contributed by atoms with Gasteiger partial charge in [-0.1, -0.05) is 29.8 Å². The summed E-state index contributed by atoms with van der Waals surface area (Å²) in [7, 11) is 0. The number of nitrogens with zero attached hydrogens (tertiary/aromatic N) is 2. The number of carbonyl (C=O) groups excluding carboxylic acids is 2. The van der Waals surface area contributed by atoms with E-state index in [1.807, 2.05) is 53.3 Å². The molecule has 0 fully saturated rings. The number of hydrogen-bond donors (Lipinski definition) is 1. The smallest absolute Gasteiger partial charge is 0.341 e. The number of fused-ring (bicyclic) bond motifs is 1. The van der Waals surface area contributed by atoms with E-state index in [2.05, 4.69) is 10.3 Å². The molecule has 4 aromatic rings. The fourth-order valence-corrected chi connectivity index (χ4v) is 4.78. The van der Waals surface area contributed by atoms with Crippen molar-refractivity contribution in [3.05, 3.63) is 63.7 Å². The van der Waals surface area contributed by atoms with Crippen molar-refractivity contribution in [2.24, 2.45) is 0 Å². The fraction of sp³-hybridized carbons (Fsp3) is 0.190. The molecule has 148 valence electrons. The number of nitrogens with one attached hydrogen (secondary N) is 1. The number of hydrogen-bond acceptors (Lipinski definition) is 6. The Labute approximate surface area is 175 Å². The molecule has 0 aliphatic rings. The number of aryl methyl sites for hydroxylation is 2. The maximum absolute atomic E-state index is 12.8. The van der Waals surface area contributed by atoms with Gasteiger partial charge in [0, 0.05) is 28.2 Å². The van der Waals surface area contributed by atoms with Crippen LogP contribution in [0.3, 0.4) is 0 Å². The van der Waals surface area contributed by atoms with E-state index in [4.69, 9.17) is 4.74 Å². The van der Waals surface area contributed by atoms with Crippen LogP contribution in [0.2, 0.25) is 0 Å². The number of thiazole rings is 1. The zero-order valence-corrected chi connectivity index (χ0v) is 17.8. The number of carbonyl (C=O) groups is 2. The summed E-state index contributed by atoms with van der Waals surface area (Å²) in [6.07, 6.45) is 1.70. The quantitative estimate of drug-likeness (QED) is 0.448. The van der Waals surface area contributed by atoms with Crippen LogP contribution in [0.1, 0.15) is 39.0 Å². The molecule has 0 radical (unpaired) electrons. The zero-order valence-electron chi connectivity index (χ0n) is 16.2. The molecule has 0 saturated heterocycles. The summed E-state index contributed by atoms with van der Waals surface area (Å²) < 4.78 is 7.12. The standard InChI is InChI=1S/C21H19N3O3S2/c1-4-27-20(26)17-15(14-7-5-12(2)6-8-14)11-28-19(17)23-18(25)16-9-24-13(3)10-29-21(24)22-16/h5-11H,4H2,1-3H3,(H,23,25). The molecule has 0 bridgehead atoms. The number of thiophene rings is 1. The summed E-state index contributed by atoms with van der Waals surface area (Å²) in [6.45, 7) is 5.98. The van der Waals surface area contributed by atoms with E-state index in [1.165, 1.54) is 22.7 Å². The Kier molecular flexibility index (Phi) is 5.21. The molecule has 3 heterocycles. The van der Waals surface area contributed by atoms with Crippen LogP contribution in [0.5, 0.6) is 0 Å². The van der Waals surface area contributed by atoms with Gasteiger partial charge in [-0.2, -0.15) is 0 Å². The van der Waals surface area contributed by atoms with E-state index in [0.29, 0.717) is 16.3 Å². The number of ether oxygens (including phenoxy) is 1. The van der Waals surface area contributed by atoms with Gasteiger partial charge in [0.2, 0.25) is 0 Å². The van der Waals surface area contributed by atoms with Crippen LogP contribution in [0.15, 0.2) is 41.2 Å². The molecule has 0 saturated carbocycles. The third kappa shape index (κ3) is 3.68. The summed E-state index contributed by atoms with van der Waals surface area (Å²) in [6, 6.07) is 7.89. The van der Waals surface area contributed by atoms with Gasteiger partial charge in [-0.3, -0.25) is 9.20 Å². The van der Waals surface area contributed by atoms with E-state index in [-0.39, 0.29) is 12.5 Å². The summed E-state index contributed by atoms with van der Waals surface area (Å²) in [5.41, 5.74) is 4.46. The molecular weight excluding hydrogens is 406 g/mol. The molecule has 0 aliphatic carbocycles. The monoisotopic (exact) mass is 425 g/mol. The maximum Gasteiger partial charge on any atom is 0.341 e. The minimum Gasteiger partial charge on any atom is -0.462 e. The second-order valence-electron chi connectivity index (χ2n) is 6.55. The average Bonchev–Trinajstić information content (AvgIpc) is 3.39. The minimum absolute atomic E-state index is 0.256. The summed E-state index contributed by atoms with van der Waals surface area (Å²) in [4.78, 5) is 30.6. The Morgan fingerprint density at radius 3 is 2.59 bits per heavy atom. The number of amides is 1. The molecule has 3 aromatic heterocycles. The Morgan fingerprint density at radius 2 is 1.90 bits per heavy atom. The summed E-state index contributed by atoms with van der Waals surface area (Å²) in [5.74, 6) is -0.815. The number of aromatic nitrogens is 2. The van der Waals surface area contributed by atoms with E-state index in [0.717, 1.165) is 27.3 Å². The minimum atomic E-state index is -0.457. The molecule has 8 heteroatoms. The highest BCUT2D eigenvalue weighted by atomic mass is 32.1. The SMILES string of the molecule is CCOC(=O)c1c(-c2ccc(C)cc2)csc1NC(=O)c1cn2c(C)csc2n1. The van der Waals surface area contributed by atoms with E-state index < -0.39 is 5.97 Å². The Bertz CT molecular complexity index is 1200. The largest absolute Gasteiger partial charge is 0.462 e. The van der Waals surface area contributed by atoms with Crippen LogP contribution in [0.4, 0.5) is 5.00 Å². The van der Waals surface area contributed by atoms with Gasteiger partial charge in [0.1, 0.15) is 16.3 Å². The van der Waals surface area contributed by atoms with E-state index in [1.54, 1.807) is 13.1 Å². The normalized spacial score (nSPS) is 11.0. The van der Waals surface area contributed by atoms with Crippen LogP contribution in [0, 0.1) is 13.8 Å². The molecule has 1 N–H and O–H groups in total. The highest BCUT2D eigenvalue weighted by Crippen LogP contribution is 2.36. The predicted octanol–water partition coefficient (Wildman–Crippen LogP) is 5.17. The first-order valence-corrected chi connectivity index (χ1v) is 10.8. The van der Waals surface area contributed by atoms with Crippen molar-refractivity contribution in [3.8, 4) is 11.1 Å². The molecule has 1 amide bonds. The second-order valence-corrected chi connectivity index (χ2v) is 8.27. The number of esters is 1. The number of imidazole rings is 1. The first-order valence-electron chi connectivity index (χ1n) is 9.08. The highest BCUT2D eigenvalue weighted by Gasteiger charge is 2.24. The number of rotatable bonds is 5. The lowest BCUT2D eigenvalue weighted by molar-refractivity contribution is 0.0529. The van der Waals surface area contributed by atoms with Crippen molar-refractivity contribution in [1.82, 2.24) is 9.38 Å². The highest BCUT2D eigenvalue weighted by molar-refractivity contribution is 7.15. The lowest BCUT2D eigenvalue weighted by atomic mass is 10.0. The zero-order chi connectivity index (χ0) is 20.5. The summed E-state index contributed by atoms with van der Waals surface area (Å²) in [5, 5.41) is 7.15. The Morgan fingerprint density at radius 1 is 1.14 bits per heavy atom. The van der Waals surface area contributed by atoms with Crippen molar-refractivity contribution in [1.29, 1.82) is 0 Å². The van der Waals surface area contributed by atoms with Crippen LogP contribution in [0.25, 0.3) is 16.1 Å². The lowest BCUT2D eigenvalue weighted by Gasteiger charge is -2.08. The van der Waals surface area contributed by atoms with Crippen LogP contribution in [-0.2, 0) is 4.74 Å². The molecule has 1 aromatic carbocycles. The third-order valence-electron chi connectivity index (χ3n) is 4.48. The molecule has 0 spiro atoms. The Hall–Kier alpha value is -2.97. The Balaban J connectivity index is 1.69. The van der Waals surface area contributed by atoms with E-state index >= 15 is 0 Å². The predicted molar refractivity (Wildman–Crippen MR) is 116 cm³/mol. The third-order valence-corrected chi connectivity index (χ3v) is 6.33. The van der Waals surface area contributed by atoms with Crippen molar-refractivity contribution in [2.45, 2.75) is 20.8 Å². The molecule has 0 atom stereocenters.